The molecule has 0 N–H and O–H groups in total. The first-order valence-corrected chi connectivity index (χ1v) is 8.80. The Morgan fingerprint density at radius 1 is 1.24 bits per heavy atom. The van der Waals surface area contributed by atoms with Crippen LogP contribution in [0.5, 0.6) is 0 Å². The number of hydrogen-bond acceptors (Lipinski definition) is 5. The Morgan fingerprint density at radius 2 is 1.96 bits per heavy atom. The molecule has 0 amide bonds. The van der Waals surface area contributed by atoms with Crippen molar-refractivity contribution in [2.45, 2.75) is 5.16 Å². The molecule has 3 rings (SSSR count). The van der Waals surface area contributed by atoms with Gasteiger partial charge in [-0.2, -0.15) is 5.10 Å². The van der Waals surface area contributed by atoms with Gasteiger partial charge in [0.25, 0.3) is 0 Å². The molecular weight excluding hydrogens is 339 g/mol. The number of carbonyl (C=O) groups excluding carboxylic acids is 1. The van der Waals surface area contributed by atoms with Gasteiger partial charge in [0.15, 0.2) is 10.9 Å². The van der Waals surface area contributed by atoms with Crippen LogP contribution in [0.1, 0.15) is 10.4 Å². The number of aromatic nitrogens is 3. The molecule has 0 aliphatic heterocycles. The molecule has 0 bridgehead atoms. The molecule has 0 aliphatic rings. The van der Waals surface area contributed by atoms with Crippen LogP contribution in [-0.2, 0) is 0 Å². The van der Waals surface area contributed by atoms with E-state index in [2.05, 4.69) is 10.1 Å². The molecular formula is C18H17FN4OS. The lowest BCUT2D eigenvalue weighted by atomic mass is 10.0. The van der Waals surface area contributed by atoms with Crippen molar-refractivity contribution in [2.24, 2.45) is 0 Å². The first kappa shape index (κ1) is 17.2. The van der Waals surface area contributed by atoms with E-state index in [1.807, 2.05) is 20.4 Å². The van der Waals surface area contributed by atoms with Gasteiger partial charge >= 0.3 is 0 Å². The van der Waals surface area contributed by atoms with E-state index < -0.39 is 0 Å². The SMILES string of the molecule is CSc1nccc2c(C(=O)C=CN(C)C)c(-c3ccc(F)cc3)nn12. The summed E-state index contributed by atoms with van der Waals surface area (Å²) >= 11 is 1.44. The molecule has 0 spiro atoms. The predicted octanol–water partition coefficient (Wildman–Crippen LogP) is 3.52. The third-order valence-corrected chi connectivity index (χ3v) is 4.23. The fraction of sp³-hybridized carbons (Fsp3) is 0.167. The first-order valence-electron chi connectivity index (χ1n) is 7.58. The molecule has 0 aliphatic carbocycles. The lowest BCUT2D eigenvalue weighted by Gasteiger charge is -2.04. The number of halogens is 1. The molecule has 0 unspecified atom stereocenters. The Kier molecular flexibility index (Phi) is 4.85. The van der Waals surface area contributed by atoms with Crippen molar-refractivity contribution in [3.63, 3.8) is 0 Å². The number of allylic oxidation sites excluding steroid dienone is 1. The summed E-state index contributed by atoms with van der Waals surface area (Å²) in [6.07, 6.45) is 6.75. The zero-order valence-electron chi connectivity index (χ0n) is 14.1. The van der Waals surface area contributed by atoms with E-state index in [4.69, 9.17) is 0 Å². The Bertz CT molecular complexity index is 948. The van der Waals surface area contributed by atoms with Gasteiger partial charge in [0.05, 0.1) is 11.1 Å². The van der Waals surface area contributed by atoms with Gasteiger partial charge in [-0.25, -0.2) is 13.9 Å². The van der Waals surface area contributed by atoms with E-state index >= 15 is 0 Å². The standard InChI is InChI=1S/C18H17FN4OS/c1-22(2)11-9-15(24)16-14-8-10-20-18(25-3)23(14)21-17(16)12-4-6-13(19)7-5-12/h4-11H,1-3H3. The minimum absolute atomic E-state index is 0.165. The van der Waals surface area contributed by atoms with Crippen LogP contribution in [0.25, 0.3) is 16.8 Å². The minimum Gasteiger partial charge on any atom is -0.383 e. The zero-order valence-corrected chi connectivity index (χ0v) is 14.9. The molecule has 5 nitrogen and oxygen atoms in total. The monoisotopic (exact) mass is 356 g/mol. The summed E-state index contributed by atoms with van der Waals surface area (Å²) < 4.78 is 14.9. The Hall–Kier alpha value is -2.67. The molecule has 0 atom stereocenters. The molecule has 2 heterocycles. The third kappa shape index (κ3) is 3.41. The van der Waals surface area contributed by atoms with Crippen LogP contribution in [-0.4, -0.2) is 45.6 Å². The number of carbonyl (C=O) groups is 1. The van der Waals surface area contributed by atoms with Gasteiger partial charge < -0.3 is 4.90 Å². The second kappa shape index (κ2) is 7.06. The first-order chi connectivity index (χ1) is 12.0. The van der Waals surface area contributed by atoms with Crippen molar-refractivity contribution in [2.75, 3.05) is 20.4 Å². The molecule has 0 saturated heterocycles. The third-order valence-electron chi connectivity index (χ3n) is 3.59. The van der Waals surface area contributed by atoms with E-state index in [0.717, 1.165) is 0 Å². The Balaban J connectivity index is 2.25. The molecule has 1 aromatic carbocycles. The van der Waals surface area contributed by atoms with Gasteiger partial charge in [-0.15, -0.1) is 0 Å². The van der Waals surface area contributed by atoms with Crippen molar-refractivity contribution in [1.29, 1.82) is 0 Å². The van der Waals surface area contributed by atoms with Gasteiger partial charge in [0, 0.05) is 38.1 Å². The number of rotatable bonds is 5. The van der Waals surface area contributed by atoms with Gasteiger partial charge in [-0.1, -0.05) is 11.8 Å². The van der Waals surface area contributed by atoms with E-state index in [9.17, 15) is 9.18 Å². The normalized spacial score (nSPS) is 11.4. The van der Waals surface area contributed by atoms with E-state index in [-0.39, 0.29) is 11.6 Å². The fourth-order valence-electron chi connectivity index (χ4n) is 2.45. The number of hydrogen-bond donors (Lipinski definition) is 0. The van der Waals surface area contributed by atoms with Crippen LogP contribution in [0, 0.1) is 5.82 Å². The molecule has 2 aromatic heterocycles. The summed E-state index contributed by atoms with van der Waals surface area (Å²) in [4.78, 5) is 18.9. The maximum atomic E-state index is 13.3. The second-order valence-electron chi connectivity index (χ2n) is 5.60. The number of benzene rings is 1. The molecule has 7 heteroatoms. The number of ketones is 1. The van der Waals surface area contributed by atoms with Crippen molar-refractivity contribution < 1.29 is 9.18 Å². The average molecular weight is 356 g/mol. The van der Waals surface area contributed by atoms with Gasteiger partial charge in [0.2, 0.25) is 0 Å². The van der Waals surface area contributed by atoms with Gasteiger partial charge in [-0.3, -0.25) is 4.79 Å². The van der Waals surface area contributed by atoms with Crippen molar-refractivity contribution in [1.82, 2.24) is 19.5 Å². The molecule has 0 saturated carbocycles. The van der Waals surface area contributed by atoms with Crippen molar-refractivity contribution in [3.05, 3.63) is 60.2 Å². The van der Waals surface area contributed by atoms with Gasteiger partial charge in [0.1, 0.15) is 11.5 Å². The summed E-state index contributed by atoms with van der Waals surface area (Å²) in [7, 11) is 3.69. The topological polar surface area (TPSA) is 50.5 Å². The van der Waals surface area contributed by atoms with Crippen LogP contribution in [0.4, 0.5) is 4.39 Å². The van der Waals surface area contributed by atoms with E-state index in [0.29, 0.717) is 27.5 Å². The second-order valence-corrected chi connectivity index (χ2v) is 6.38. The maximum Gasteiger partial charge on any atom is 0.191 e. The van der Waals surface area contributed by atoms with E-state index in [1.165, 1.54) is 30.0 Å². The van der Waals surface area contributed by atoms with Crippen molar-refractivity contribution in [3.8, 4) is 11.3 Å². The number of fused-ring (bicyclic) bond motifs is 1. The van der Waals surface area contributed by atoms with Crippen LogP contribution < -0.4 is 0 Å². The zero-order chi connectivity index (χ0) is 18.0. The summed E-state index contributed by atoms with van der Waals surface area (Å²) in [5, 5.41) is 5.25. The number of nitrogens with zero attached hydrogens (tertiary/aromatic N) is 4. The fourth-order valence-corrected chi connectivity index (χ4v) is 2.93. The minimum atomic E-state index is -0.334. The highest BCUT2D eigenvalue weighted by molar-refractivity contribution is 7.98. The van der Waals surface area contributed by atoms with E-state index in [1.54, 1.807) is 40.0 Å². The molecule has 0 radical (unpaired) electrons. The molecule has 0 fully saturated rings. The molecule has 3 aromatic rings. The summed E-state index contributed by atoms with van der Waals surface area (Å²) in [5.74, 6) is -0.499. The predicted molar refractivity (Wildman–Crippen MR) is 97.3 cm³/mol. The number of thioether (sulfide) groups is 1. The quantitative estimate of drug-likeness (QED) is 0.303. The summed E-state index contributed by atoms with van der Waals surface area (Å²) in [6, 6.07) is 7.72. The van der Waals surface area contributed by atoms with Crippen molar-refractivity contribution >= 4 is 23.1 Å². The van der Waals surface area contributed by atoms with Crippen LogP contribution in [0.3, 0.4) is 0 Å². The summed E-state index contributed by atoms with van der Waals surface area (Å²) in [6.45, 7) is 0. The Labute approximate surface area is 149 Å². The molecule has 25 heavy (non-hydrogen) atoms. The highest BCUT2D eigenvalue weighted by Crippen LogP contribution is 2.29. The summed E-state index contributed by atoms with van der Waals surface area (Å²) in [5.41, 5.74) is 2.34. The highest BCUT2D eigenvalue weighted by atomic mass is 32.2. The smallest absolute Gasteiger partial charge is 0.191 e. The van der Waals surface area contributed by atoms with Crippen LogP contribution >= 0.6 is 11.8 Å². The highest BCUT2D eigenvalue weighted by Gasteiger charge is 2.21. The Morgan fingerprint density at radius 3 is 2.60 bits per heavy atom. The van der Waals surface area contributed by atoms with Gasteiger partial charge in [-0.05, 0) is 36.6 Å². The largest absolute Gasteiger partial charge is 0.383 e. The lowest BCUT2D eigenvalue weighted by Crippen LogP contribution is -2.04. The maximum absolute atomic E-state index is 13.3. The average Bonchev–Trinajstić information content (AvgIpc) is 2.99. The van der Waals surface area contributed by atoms with Crippen LogP contribution in [0.2, 0.25) is 0 Å². The molecule has 128 valence electrons. The lowest BCUT2D eigenvalue weighted by molar-refractivity contribution is 0.104. The van der Waals surface area contributed by atoms with Crippen LogP contribution in [0.15, 0.2) is 54.0 Å².